The highest BCUT2D eigenvalue weighted by Crippen LogP contribution is 2.24. The normalized spacial score (nSPS) is 14.7. The van der Waals surface area contributed by atoms with Crippen molar-refractivity contribution in [2.45, 2.75) is 51.5 Å². The molecule has 3 rings (SSSR count). The highest BCUT2D eigenvalue weighted by molar-refractivity contribution is 6.30. The van der Waals surface area contributed by atoms with Crippen molar-refractivity contribution in [3.63, 3.8) is 0 Å². The monoisotopic (exact) mass is 472 g/mol. The summed E-state index contributed by atoms with van der Waals surface area (Å²) < 4.78 is 5.24. The fraction of sp³-hybridized carbons (Fsp3) is 0.462. The van der Waals surface area contributed by atoms with Crippen molar-refractivity contribution in [3.8, 4) is 0 Å². The number of halogens is 1. The van der Waals surface area contributed by atoms with Crippen LogP contribution in [0.5, 0.6) is 0 Å². The number of hydrogen-bond acceptors (Lipinski definition) is 5. The van der Waals surface area contributed by atoms with E-state index in [1.165, 1.54) is 5.56 Å². The first kappa shape index (κ1) is 25.1. The lowest BCUT2D eigenvalue weighted by atomic mass is 10.0. The molecule has 0 amide bonds. The second kappa shape index (κ2) is 12.6. The number of nitrogens with zero attached hydrogens (tertiary/aromatic N) is 1. The third kappa shape index (κ3) is 8.37. The summed E-state index contributed by atoms with van der Waals surface area (Å²) in [6.45, 7) is 5.37. The van der Waals surface area contributed by atoms with E-state index in [9.17, 15) is 9.59 Å². The Hall–Kier alpha value is -2.57. The first-order valence-corrected chi connectivity index (χ1v) is 12.0. The Morgan fingerprint density at radius 3 is 2.45 bits per heavy atom. The Morgan fingerprint density at radius 2 is 1.79 bits per heavy atom. The third-order valence-electron chi connectivity index (χ3n) is 5.91. The number of benzene rings is 2. The molecule has 33 heavy (non-hydrogen) atoms. The lowest BCUT2D eigenvalue weighted by Gasteiger charge is -2.33. The van der Waals surface area contributed by atoms with E-state index < -0.39 is 5.97 Å². The average Bonchev–Trinajstić information content (AvgIpc) is 2.79. The van der Waals surface area contributed by atoms with Gasteiger partial charge in [-0.15, -0.1) is 0 Å². The zero-order valence-electron chi connectivity index (χ0n) is 19.2. The summed E-state index contributed by atoms with van der Waals surface area (Å²) >= 11 is 5.97. The molecule has 0 spiro atoms. The molecule has 0 aromatic heterocycles. The van der Waals surface area contributed by atoms with Crippen LogP contribution in [0.25, 0.3) is 0 Å². The molecule has 6 nitrogen and oxygen atoms in total. The van der Waals surface area contributed by atoms with Gasteiger partial charge in [-0.25, -0.2) is 0 Å². The van der Waals surface area contributed by atoms with Gasteiger partial charge in [0.15, 0.2) is 0 Å². The number of anilines is 1. The minimum atomic E-state index is -0.870. The van der Waals surface area contributed by atoms with Crippen LogP contribution in [0.1, 0.15) is 42.9 Å². The van der Waals surface area contributed by atoms with E-state index in [4.69, 9.17) is 21.4 Å². The summed E-state index contributed by atoms with van der Waals surface area (Å²) in [6, 6.07) is 13.8. The number of hydrogen-bond donors (Lipinski definition) is 2. The number of esters is 1. The van der Waals surface area contributed by atoms with E-state index >= 15 is 0 Å². The van der Waals surface area contributed by atoms with Crippen molar-refractivity contribution in [1.29, 1.82) is 0 Å². The lowest BCUT2D eigenvalue weighted by Crippen LogP contribution is -2.40. The SMILES string of the molecule is CCCOC(=O)Cc1ccc(CC(=O)O)cc1NC1CCN(CCc2ccc(Cl)cc2)CC1. The molecule has 2 aromatic carbocycles. The van der Waals surface area contributed by atoms with Gasteiger partial charge in [-0.3, -0.25) is 9.59 Å². The maximum atomic E-state index is 12.2. The summed E-state index contributed by atoms with van der Waals surface area (Å²) in [5.41, 5.74) is 3.68. The molecule has 7 heteroatoms. The molecule has 0 radical (unpaired) electrons. The highest BCUT2D eigenvalue weighted by Gasteiger charge is 2.21. The Morgan fingerprint density at radius 1 is 1.09 bits per heavy atom. The van der Waals surface area contributed by atoms with Gasteiger partial charge in [0.05, 0.1) is 19.4 Å². The van der Waals surface area contributed by atoms with Crippen LogP contribution in [0.15, 0.2) is 42.5 Å². The Bertz CT molecular complexity index is 924. The number of carboxylic acid groups (broad SMARTS) is 1. The second-order valence-electron chi connectivity index (χ2n) is 8.60. The minimum absolute atomic E-state index is 0.0433. The number of carbonyl (C=O) groups excluding carboxylic acids is 1. The molecule has 178 valence electrons. The maximum Gasteiger partial charge on any atom is 0.310 e. The van der Waals surface area contributed by atoms with E-state index in [1.807, 2.05) is 31.2 Å². The molecular weight excluding hydrogens is 440 g/mol. The number of nitrogens with one attached hydrogen (secondary N) is 1. The summed E-state index contributed by atoms with van der Waals surface area (Å²) in [4.78, 5) is 25.8. The quantitative estimate of drug-likeness (QED) is 0.466. The fourth-order valence-electron chi connectivity index (χ4n) is 4.08. The van der Waals surface area contributed by atoms with Crippen LogP contribution < -0.4 is 5.32 Å². The molecule has 0 unspecified atom stereocenters. The number of ether oxygens (including phenoxy) is 1. The molecule has 0 aliphatic carbocycles. The Balaban J connectivity index is 1.57. The fourth-order valence-corrected chi connectivity index (χ4v) is 4.20. The summed E-state index contributed by atoms with van der Waals surface area (Å²) in [5, 5.41) is 13.5. The summed E-state index contributed by atoms with van der Waals surface area (Å²) in [7, 11) is 0. The number of carbonyl (C=O) groups is 2. The molecule has 1 aliphatic rings. The largest absolute Gasteiger partial charge is 0.481 e. The van der Waals surface area contributed by atoms with Crippen molar-refractivity contribution < 1.29 is 19.4 Å². The molecule has 1 fully saturated rings. The zero-order valence-corrected chi connectivity index (χ0v) is 19.9. The van der Waals surface area contributed by atoms with Crippen LogP contribution in [0, 0.1) is 0 Å². The number of rotatable bonds is 11. The predicted octanol–water partition coefficient (Wildman–Crippen LogP) is 4.58. The molecule has 0 bridgehead atoms. The van der Waals surface area contributed by atoms with Gasteiger partial charge in [0, 0.05) is 36.4 Å². The number of likely N-dealkylation sites (tertiary alicyclic amines) is 1. The van der Waals surface area contributed by atoms with Crippen LogP contribution in [0.2, 0.25) is 5.02 Å². The van der Waals surface area contributed by atoms with Gasteiger partial charge in [0.2, 0.25) is 0 Å². The first-order valence-electron chi connectivity index (χ1n) is 11.7. The van der Waals surface area contributed by atoms with Gasteiger partial charge in [0.25, 0.3) is 0 Å². The van der Waals surface area contributed by atoms with E-state index in [0.29, 0.717) is 6.61 Å². The van der Waals surface area contributed by atoms with Crippen molar-refractivity contribution in [3.05, 3.63) is 64.2 Å². The molecule has 0 saturated carbocycles. The van der Waals surface area contributed by atoms with Crippen LogP contribution in [0.3, 0.4) is 0 Å². The minimum Gasteiger partial charge on any atom is -0.481 e. The Labute approximate surface area is 200 Å². The van der Waals surface area contributed by atoms with Gasteiger partial charge in [-0.05, 0) is 60.6 Å². The average molecular weight is 473 g/mol. The molecule has 1 heterocycles. The second-order valence-corrected chi connectivity index (χ2v) is 9.03. The van der Waals surface area contributed by atoms with Crippen molar-refractivity contribution in [2.24, 2.45) is 0 Å². The third-order valence-corrected chi connectivity index (χ3v) is 6.16. The van der Waals surface area contributed by atoms with Gasteiger partial charge in [-0.2, -0.15) is 0 Å². The van der Waals surface area contributed by atoms with Crippen molar-refractivity contribution in [2.75, 3.05) is 31.6 Å². The van der Waals surface area contributed by atoms with E-state index in [1.54, 1.807) is 6.07 Å². The predicted molar refractivity (Wildman–Crippen MR) is 131 cm³/mol. The van der Waals surface area contributed by atoms with E-state index in [0.717, 1.165) is 67.2 Å². The van der Waals surface area contributed by atoms with E-state index in [2.05, 4.69) is 22.3 Å². The standard InChI is InChI=1S/C26H33ClN2O4/c1-2-15-33-26(32)18-21-6-3-20(17-25(30)31)16-24(21)28-23-10-13-29(14-11-23)12-9-19-4-7-22(27)8-5-19/h3-8,16,23,28H,2,9-15,17-18H2,1H3,(H,30,31). The topological polar surface area (TPSA) is 78.9 Å². The van der Waals surface area contributed by atoms with Crippen LogP contribution >= 0.6 is 11.6 Å². The molecule has 0 atom stereocenters. The maximum absolute atomic E-state index is 12.2. The van der Waals surface area contributed by atoms with E-state index in [-0.39, 0.29) is 24.9 Å². The Kier molecular flexibility index (Phi) is 9.58. The number of carboxylic acids is 1. The van der Waals surface area contributed by atoms with Crippen LogP contribution in [0.4, 0.5) is 5.69 Å². The molecular formula is C26H33ClN2O4. The molecule has 1 saturated heterocycles. The summed E-state index contributed by atoms with van der Waals surface area (Å²) in [6.07, 6.45) is 3.89. The highest BCUT2D eigenvalue weighted by atomic mass is 35.5. The number of aliphatic carboxylic acids is 1. The number of piperidine rings is 1. The van der Waals surface area contributed by atoms with Crippen molar-refractivity contribution in [1.82, 2.24) is 4.90 Å². The zero-order chi connectivity index (χ0) is 23.6. The van der Waals surface area contributed by atoms with Gasteiger partial charge >= 0.3 is 11.9 Å². The van der Waals surface area contributed by atoms with Gasteiger partial charge in [0.1, 0.15) is 0 Å². The lowest BCUT2D eigenvalue weighted by molar-refractivity contribution is -0.142. The van der Waals surface area contributed by atoms with Crippen LogP contribution in [-0.2, 0) is 33.6 Å². The smallest absolute Gasteiger partial charge is 0.310 e. The molecule has 2 N–H and O–H groups in total. The first-order chi connectivity index (χ1) is 15.9. The van der Waals surface area contributed by atoms with Gasteiger partial charge < -0.3 is 20.1 Å². The van der Waals surface area contributed by atoms with Crippen LogP contribution in [-0.4, -0.2) is 54.2 Å². The van der Waals surface area contributed by atoms with Crippen molar-refractivity contribution >= 4 is 29.2 Å². The molecule has 2 aromatic rings. The molecule has 1 aliphatic heterocycles. The van der Waals surface area contributed by atoms with Gasteiger partial charge in [-0.1, -0.05) is 42.8 Å². The summed E-state index contributed by atoms with van der Waals surface area (Å²) in [5.74, 6) is -1.13.